The fourth-order valence-electron chi connectivity index (χ4n) is 2.27. The average Bonchev–Trinajstić information content (AvgIpc) is 2.94. The number of hydrogen-bond donors (Lipinski definition) is 1. The van der Waals surface area contributed by atoms with Crippen LogP contribution in [-0.2, 0) is 0 Å². The van der Waals surface area contributed by atoms with E-state index in [4.69, 9.17) is 12.2 Å². The molecule has 0 fully saturated rings. The minimum Gasteiger partial charge on any atom is -0.335 e. The highest BCUT2D eigenvalue weighted by atomic mass is 32.1. The van der Waals surface area contributed by atoms with Crippen LogP contribution in [0.2, 0.25) is 0 Å². The lowest BCUT2D eigenvalue weighted by Gasteiger charge is -2.09. The second-order valence-corrected chi connectivity index (χ2v) is 6.18. The highest BCUT2D eigenvalue weighted by Gasteiger charge is 2.13. The van der Waals surface area contributed by atoms with Crippen molar-refractivity contribution in [1.29, 1.82) is 0 Å². The molecule has 4 heteroatoms. The second kappa shape index (κ2) is 4.79. The lowest BCUT2D eigenvalue weighted by molar-refractivity contribution is 0.983. The van der Waals surface area contributed by atoms with Crippen LogP contribution in [0.1, 0.15) is 11.4 Å². The predicted octanol–water partition coefficient (Wildman–Crippen LogP) is 4.88. The SMILES string of the molecule is Cc1ccc(C)n1-c1sc(=S)[nH]c1-c1ccccc1. The molecule has 19 heavy (non-hydrogen) atoms. The molecule has 0 bridgehead atoms. The van der Waals surface area contributed by atoms with Crippen LogP contribution in [0.25, 0.3) is 16.3 Å². The molecule has 0 atom stereocenters. The first-order valence-electron chi connectivity index (χ1n) is 6.10. The second-order valence-electron chi connectivity index (χ2n) is 4.51. The van der Waals surface area contributed by atoms with Gasteiger partial charge in [0.25, 0.3) is 0 Å². The van der Waals surface area contributed by atoms with Crippen molar-refractivity contribution < 1.29 is 0 Å². The molecule has 0 aliphatic rings. The zero-order chi connectivity index (χ0) is 13.4. The van der Waals surface area contributed by atoms with Gasteiger partial charge in [-0.25, -0.2) is 0 Å². The molecule has 3 aromatic rings. The van der Waals surface area contributed by atoms with Crippen molar-refractivity contribution >= 4 is 23.6 Å². The fraction of sp³-hybridized carbons (Fsp3) is 0.133. The van der Waals surface area contributed by atoms with Crippen LogP contribution >= 0.6 is 23.6 Å². The van der Waals surface area contributed by atoms with Gasteiger partial charge in [-0.3, -0.25) is 0 Å². The lowest BCUT2D eigenvalue weighted by Crippen LogP contribution is -1.98. The Kier molecular flexibility index (Phi) is 3.12. The predicted molar refractivity (Wildman–Crippen MR) is 83.7 cm³/mol. The molecule has 96 valence electrons. The zero-order valence-corrected chi connectivity index (χ0v) is 12.4. The summed E-state index contributed by atoms with van der Waals surface area (Å²) in [5.74, 6) is 0. The van der Waals surface area contributed by atoms with Crippen molar-refractivity contribution in [2.24, 2.45) is 0 Å². The van der Waals surface area contributed by atoms with E-state index in [9.17, 15) is 0 Å². The molecule has 1 aromatic carbocycles. The van der Waals surface area contributed by atoms with Crippen molar-refractivity contribution in [3.05, 3.63) is 57.8 Å². The molecule has 0 spiro atoms. The Hall–Kier alpha value is -1.65. The molecule has 0 aliphatic carbocycles. The van der Waals surface area contributed by atoms with Crippen LogP contribution < -0.4 is 0 Å². The Morgan fingerprint density at radius 2 is 1.63 bits per heavy atom. The minimum absolute atomic E-state index is 0.807. The van der Waals surface area contributed by atoms with Crippen LogP contribution in [0, 0.1) is 17.8 Å². The van der Waals surface area contributed by atoms with Gasteiger partial charge < -0.3 is 9.55 Å². The highest BCUT2D eigenvalue weighted by molar-refractivity contribution is 7.73. The summed E-state index contributed by atoms with van der Waals surface area (Å²) in [6, 6.07) is 14.6. The quantitative estimate of drug-likeness (QED) is 0.666. The van der Waals surface area contributed by atoms with Crippen LogP contribution in [0.5, 0.6) is 0 Å². The Labute approximate surface area is 121 Å². The molecule has 1 N–H and O–H groups in total. The molecule has 0 aliphatic heterocycles. The maximum absolute atomic E-state index is 5.33. The van der Waals surface area contributed by atoms with Crippen LogP contribution in [0.4, 0.5) is 0 Å². The van der Waals surface area contributed by atoms with Gasteiger partial charge in [0.1, 0.15) is 5.00 Å². The third-order valence-electron chi connectivity index (χ3n) is 3.17. The normalized spacial score (nSPS) is 10.8. The summed E-state index contributed by atoms with van der Waals surface area (Å²) in [6.45, 7) is 4.23. The number of rotatable bonds is 2. The summed E-state index contributed by atoms with van der Waals surface area (Å²) in [7, 11) is 0. The van der Waals surface area contributed by atoms with E-state index in [0.717, 1.165) is 20.2 Å². The van der Waals surface area contributed by atoms with Gasteiger partial charge in [0.15, 0.2) is 3.95 Å². The van der Waals surface area contributed by atoms with Crippen molar-refractivity contribution in [3.8, 4) is 16.3 Å². The molecule has 0 unspecified atom stereocenters. The van der Waals surface area contributed by atoms with Gasteiger partial charge in [-0.15, -0.1) is 0 Å². The molecule has 2 heterocycles. The van der Waals surface area contributed by atoms with Gasteiger partial charge in [0.2, 0.25) is 0 Å². The summed E-state index contributed by atoms with van der Waals surface area (Å²) < 4.78 is 3.06. The average molecular weight is 286 g/mol. The Bertz CT molecular complexity index is 744. The van der Waals surface area contributed by atoms with Gasteiger partial charge in [-0.1, -0.05) is 41.7 Å². The third kappa shape index (κ3) is 2.17. The summed E-state index contributed by atoms with van der Waals surface area (Å²) in [5.41, 5.74) is 4.70. The minimum atomic E-state index is 0.807. The standard InChI is InChI=1S/C15H14N2S2/c1-10-8-9-11(2)17(10)14-13(16-15(18)19-14)12-6-4-3-5-7-12/h3-9H,1-2H3,(H,16,18). The monoisotopic (exact) mass is 286 g/mol. The zero-order valence-electron chi connectivity index (χ0n) is 10.8. The molecule has 0 amide bonds. The number of aryl methyl sites for hydroxylation is 2. The number of thiazole rings is 1. The number of aromatic amines is 1. The first kappa shape index (κ1) is 12.4. The van der Waals surface area contributed by atoms with Gasteiger partial charge in [0.05, 0.1) is 5.69 Å². The number of aromatic nitrogens is 2. The first-order chi connectivity index (χ1) is 9.16. The van der Waals surface area contributed by atoms with Gasteiger partial charge in [-0.05, 0) is 38.2 Å². The summed E-state index contributed by atoms with van der Waals surface area (Å²) in [6.07, 6.45) is 0. The molecule has 2 aromatic heterocycles. The van der Waals surface area contributed by atoms with E-state index in [0.29, 0.717) is 0 Å². The molecular weight excluding hydrogens is 272 g/mol. The van der Waals surface area contributed by atoms with Crippen LogP contribution in [0.15, 0.2) is 42.5 Å². The van der Waals surface area contributed by atoms with E-state index >= 15 is 0 Å². The number of H-pyrrole nitrogens is 1. The fourth-order valence-corrected chi connectivity index (χ4v) is 3.58. The van der Waals surface area contributed by atoms with Crippen molar-refractivity contribution in [2.45, 2.75) is 13.8 Å². The maximum atomic E-state index is 5.33. The Balaban J connectivity index is 2.27. The topological polar surface area (TPSA) is 20.7 Å². The Morgan fingerprint density at radius 3 is 2.26 bits per heavy atom. The smallest absolute Gasteiger partial charge is 0.160 e. The summed E-state index contributed by atoms with van der Waals surface area (Å²) in [4.78, 5) is 3.32. The van der Waals surface area contributed by atoms with Crippen LogP contribution in [0.3, 0.4) is 0 Å². The number of benzene rings is 1. The van der Waals surface area contributed by atoms with Gasteiger partial charge >= 0.3 is 0 Å². The number of hydrogen-bond acceptors (Lipinski definition) is 2. The van der Waals surface area contributed by atoms with Crippen molar-refractivity contribution in [1.82, 2.24) is 9.55 Å². The third-order valence-corrected chi connectivity index (χ3v) is 4.39. The molecule has 3 rings (SSSR count). The van der Waals surface area contributed by atoms with Gasteiger partial charge in [-0.2, -0.15) is 0 Å². The maximum Gasteiger partial charge on any atom is 0.160 e. The Morgan fingerprint density at radius 1 is 1.00 bits per heavy atom. The number of nitrogens with zero attached hydrogens (tertiary/aromatic N) is 1. The van der Waals surface area contributed by atoms with Crippen molar-refractivity contribution in [2.75, 3.05) is 0 Å². The van der Waals surface area contributed by atoms with Crippen molar-refractivity contribution in [3.63, 3.8) is 0 Å². The first-order valence-corrected chi connectivity index (χ1v) is 7.33. The van der Waals surface area contributed by atoms with E-state index < -0.39 is 0 Å². The largest absolute Gasteiger partial charge is 0.335 e. The number of nitrogens with one attached hydrogen (secondary N) is 1. The lowest BCUT2D eigenvalue weighted by atomic mass is 10.1. The van der Waals surface area contributed by atoms with E-state index in [1.54, 1.807) is 11.3 Å². The van der Waals surface area contributed by atoms with E-state index in [2.05, 4.69) is 47.7 Å². The van der Waals surface area contributed by atoms with E-state index in [-0.39, 0.29) is 0 Å². The molecular formula is C15H14N2S2. The summed E-state index contributed by atoms with van der Waals surface area (Å²) >= 11 is 6.95. The highest BCUT2D eigenvalue weighted by Crippen LogP contribution is 2.32. The van der Waals surface area contributed by atoms with Gasteiger partial charge in [0, 0.05) is 17.0 Å². The van der Waals surface area contributed by atoms with Crippen LogP contribution in [-0.4, -0.2) is 9.55 Å². The van der Waals surface area contributed by atoms with E-state index in [1.165, 1.54) is 11.4 Å². The molecule has 2 nitrogen and oxygen atoms in total. The molecule has 0 saturated heterocycles. The summed E-state index contributed by atoms with van der Waals surface area (Å²) in [5, 5.41) is 1.16. The van der Waals surface area contributed by atoms with E-state index in [1.807, 2.05) is 18.2 Å². The molecule has 0 saturated carbocycles. The molecule has 0 radical (unpaired) electrons.